The van der Waals surface area contributed by atoms with Crippen molar-refractivity contribution in [2.24, 2.45) is 0 Å². The molecule has 0 fully saturated rings. The molecule has 0 bridgehead atoms. The van der Waals surface area contributed by atoms with Gasteiger partial charge in [-0.15, -0.1) is 0 Å². The molecule has 9 heteroatoms. The SMILES string of the molecule is CCCNC(=O)[C@H](C)N(Cc1ccc(C)cc1)C(=O)CN(c1ccc(Br)c(C)c1)S(C)(=O)=O. The zero-order valence-corrected chi connectivity index (χ0v) is 22.2. The van der Waals surface area contributed by atoms with Crippen LogP contribution in [0.3, 0.4) is 0 Å². The Morgan fingerprint density at radius 3 is 2.27 bits per heavy atom. The molecule has 0 aliphatic rings. The number of carbonyl (C=O) groups excluding carboxylic acids is 2. The number of sulfonamides is 1. The van der Waals surface area contributed by atoms with Crippen LogP contribution in [0.5, 0.6) is 0 Å². The van der Waals surface area contributed by atoms with E-state index < -0.39 is 28.5 Å². The van der Waals surface area contributed by atoms with Gasteiger partial charge in [0.05, 0.1) is 11.9 Å². The first-order chi connectivity index (χ1) is 15.4. The van der Waals surface area contributed by atoms with Gasteiger partial charge in [-0.1, -0.05) is 52.7 Å². The van der Waals surface area contributed by atoms with E-state index in [0.717, 1.165) is 38.1 Å². The van der Waals surface area contributed by atoms with Crippen molar-refractivity contribution in [1.82, 2.24) is 10.2 Å². The lowest BCUT2D eigenvalue weighted by atomic mass is 10.1. The number of nitrogens with one attached hydrogen (secondary N) is 1. The summed E-state index contributed by atoms with van der Waals surface area (Å²) in [5.74, 6) is -0.733. The largest absolute Gasteiger partial charge is 0.354 e. The number of hydrogen-bond acceptors (Lipinski definition) is 4. The van der Waals surface area contributed by atoms with E-state index >= 15 is 0 Å². The fraction of sp³-hybridized carbons (Fsp3) is 0.417. The minimum absolute atomic E-state index is 0.191. The van der Waals surface area contributed by atoms with Crippen molar-refractivity contribution in [3.05, 3.63) is 63.6 Å². The van der Waals surface area contributed by atoms with Crippen LogP contribution in [0.15, 0.2) is 46.9 Å². The van der Waals surface area contributed by atoms with Crippen LogP contribution in [-0.2, 0) is 26.2 Å². The van der Waals surface area contributed by atoms with Gasteiger partial charge in [-0.25, -0.2) is 8.42 Å². The van der Waals surface area contributed by atoms with Gasteiger partial charge >= 0.3 is 0 Å². The molecule has 7 nitrogen and oxygen atoms in total. The molecule has 180 valence electrons. The van der Waals surface area contributed by atoms with Crippen LogP contribution in [0.4, 0.5) is 5.69 Å². The summed E-state index contributed by atoms with van der Waals surface area (Å²) in [7, 11) is -3.74. The Kier molecular flexibility index (Phi) is 9.48. The van der Waals surface area contributed by atoms with E-state index in [0.29, 0.717) is 12.2 Å². The van der Waals surface area contributed by atoms with Crippen molar-refractivity contribution >= 4 is 43.5 Å². The number of anilines is 1. The highest BCUT2D eigenvalue weighted by atomic mass is 79.9. The number of carbonyl (C=O) groups is 2. The van der Waals surface area contributed by atoms with Crippen LogP contribution < -0.4 is 9.62 Å². The Labute approximate surface area is 205 Å². The molecule has 0 saturated heterocycles. The molecule has 2 aromatic carbocycles. The Hall–Kier alpha value is -2.39. The fourth-order valence-electron chi connectivity index (χ4n) is 3.27. The van der Waals surface area contributed by atoms with Crippen molar-refractivity contribution in [2.75, 3.05) is 23.7 Å². The quantitative estimate of drug-likeness (QED) is 0.499. The van der Waals surface area contributed by atoms with Crippen molar-refractivity contribution in [3.63, 3.8) is 0 Å². The van der Waals surface area contributed by atoms with E-state index in [-0.39, 0.29) is 12.5 Å². The second kappa shape index (κ2) is 11.7. The maximum atomic E-state index is 13.4. The molecular formula is C24H32BrN3O4S. The molecular weight excluding hydrogens is 506 g/mol. The smallest absolute Gasteiger partial charge is 0.244 e. The summed E-state index contributed by atoms with van der Waals surface area (Å²) in [5.41, 5.74) is 3.18. The van der Waals surface area contributed by atoms with Gasteiger partial charge in [0, 0.05) is 17.6 Å². The van der Waals surface area contributed by atoms with Crippen LogP contribution in [0.25, 0.3) is 0 Å². The van der Waals surface area contributed by atoms with E-state index in [9.17, 15) is 18.0 Å². The van der Waals surface area contributed by atoms with Crippen molar-refractivity contribution in [2.45, 2.75) is 46.7 Å². The summed E-state index contributed by atoms with van der Waals surface area (Å²) < 4.78 is 27.1. The number of hydrogen-bond donors (Lipinski definition) is 1. The monoisotopic (exact) mass is 537 g/mol. The highest BCUT2D eigenvalue weighted by Gasteiger charge is 2.30. The van der Waals surface area contributed by atoms with Crippen molar-refractivity contribution in [3.8, 4) is 0 Å². The van der Waals surface area contributed by atoms with Gasteiger partial charge in [0.25, 0.3) is 0 Å². The predicted octanol–water partition coefficient (Wildman–Crippen LogP) is 3.78. The topological polar surface area (TPSA) is 86.8 Å². The summed E-state index contributed by atoms with van der Waals surface area (Å²) >= 11 is 3.41. The van der Waals surface area contributed by atoms with E-state index in [1.54, 1.807) is 25.1 Å². The van der Waals surface area contributed by atoms with Gasteiger partial charge in [-0.05, 0) is 56.5 Å². The molecule has 0 aromatic heterocycles. The Morgan fingerprint density at radius 1 is 1.09 bits per heavy atom. The number of rotatable bonds is 10. The zero-order chi connectivity index (χ0) is 24.8. The molecule has 1 atom stereocenters. The van der Waals surface area contributed by atoms with E-state index in [4.69, 9.17) is 0 Å². The maximum Gasteiger partial charge on any atom is 0.244 e. The zero-order valence-electron chi connectivity index (χ0n) is 19.8. The Balaban J connectivity index is 2.38. The van der Waals surface area contributed by atoms with Gasteiger partial charge < -0.3 is 10.2 Å². The average Bonchev–Trinajstić information content (AvgIpc) is 2.76. The number of benzene rings is 2. The molecule has 0 saturated carbocycles. The van der Waals surface area contributed by atoms with Crippen LogP contribution in [0.1, 0.15) is 37.0 Å². The van der Waals surface area contributed by atoms with Gasteiger partial charge in [0.2, 0.25) is 21.8 Å². The lowest BCUT2D eigenvalue weighted by Gasteiger charge is -2.31. The van der Waals surface area contributed by atoms with E-state index in [1.165, 1.54) is 4.90 Å². The third-order valence-electron chi connectivity index (χ3n) is 5.30. The summed E-state index contributed by atoms with van der Waals surface area (Å²) in [6, 6.07) is 12.0. The van der Waals surface area contributed by atoms with E-state index in [2.05, 4.69) is 21.2 Å². The third-order valence-corrected chi connectivity index (χ3v) is 7.33. The minimum Gasteiger partial charge on any atom is -0.354 e. The van der Waals surface area contributed by atoms with Crippen molar-refractivity contribution in [1.29, 1.82) is 0 Å². The average molecular weight is 539 g/mol. The molecule has 0 spiro atoms. The standard InChI is InChI=1S/C24H32BrN3O4S/c1-6-13-26-24(30)19(4)27(15-20-9-7-17(2)8-10-20)23(29)16-28(33(5,31)32)21-11-12-22(25)18(3)14-21/h7-12,14,19H,6,13,15-16H2,1-5H3,(H,26,30)/t19-/m0/s1. The summed E-state index contributed by atoms with van der Waals surface area (Å²) in [6.07, 6.45) is 1.84. The molecule has 0 aliphatic heterocycles. The molecule has 0 heterocycles. The van der Waals surface area contributed by atoms with E-state index in [1.807, 2.05) is 45.0 Å². The number of nitrogens with zero attached hydrogens (tertiary/aromatic N) is 2. The summed E-state index contributed by atoms with van der Waals surface area (Å²) in [5, 5.41) is 2.82. The van der Waals surface area contributed by atoms with Crippen molar-refractivity contribution < 1.29 is 18.0 Å². The summed E-state index contributed by atoms with van der Waals surface area (Å²) in [6.45, 7) is 7.71. The first-order valence-electron chi connectivity index (χ1n) is 10.8. The highest BCUT2D eigenvalue weighted by molar-refractivity contribution is 9.10. The highest BCUT2D eigenvalue weighted by Crippen LogP contribution is 2.25. The second-order valence-electron chi connectivity index (χ2n) is 8.18. The van der Waals surface area contributed by atoms with Gasteiger partial charge in [-0.3, -0.25) is 13.9 Å². The van der Waals surface area contributed by atoms with Gasteiger partial charge in [-0.2, -0.15) is 0 Å². The van der Waals surface area contributed by atoms with Gasteiger partial charge in [0.15, 0.2) is 0 Å². The molecule has 2 rings (SSSR count). The molecule has 1 N–H and O–H groups in total. The number of amides is 2. The van der Waals surface area contributed by atoms with Gasteiger partial charge in [0.1, 0.15) is 12.6 Å². The molecule has 0 radical (unpaired) electrons. The Morgan fingerprint density at radius 2 is 1.73 bits per heavy atom. The third kappa shape index (κ3) is 7.57. The maximum absolute atomic E-state index is 13.4. The Bertz CT molecular complexity index is 1090. The molecule has 0 unspecified atom stereocenters. The van der Waals surface area contributed by atoms with Crippen LogP contribution >= 0.6 is 15.9 Å². The molecule has 0 aliphatic carbocycles. The second-order valence-corrected chi connectivity index (χ2v) is 10.9. The molecule has 2 amide bonds. The number of halogens is 1. The predicted molar refractivity (Wildman–Crippen MR) is 136 cm³/mol. The van der Waals surface area contributed by atoms with Crippen LogP contribution in [-0.4, -0.2) is 50.5 Å². The fourth-order valence-corrected chi connectivity index (χ4v) is 4.35. The van der Waals surface area contributed by atoms with Crippen LogP contribution in [0.2, 0.25) is 0 Å². The summed E-state index contributed by atoms with van der Waals surface area (Å²) in [4.78, 5) is 27.6. The normalized spacial score (nSPS) is 12.2. The minimum atomic E-state index is -3.74. The first-order valence-corrected chi connectivity index (χ1v) is 13.4. The molecule has 33 heavy (non-hydrogen) atoms. The van der Waals surface area contributed by atoms with Crippen LogP contribution in [0, 0.1) is 13.8 Å². The first kappa shape index (κ1) is 26.9. The molecule has 2 aromatic rings. The lowest BCUT2D eigenvalue weighted by Crippen LogP contribution is -2.51. The lowest BCUT2D eigenvalue weighted by molar-refractivity contribution is -0.139. The number of aryl methyl sites for hydroxylation is 2.